The number of fused-ring (bicyclic) bond motifs is 4. The lowest BCUT2D eigenvalue weighted by molar-refractivity contribution is -0.332. The lowest BCUT2D eigenvalue weighted by Gasteiger charge is -2.42. The van der Waals surface area contributed by atoms with Crippen molar-refractivity contribution in [3.63, 3.8) is 0 Å². The van der Waals surface area contributed by atoms with Gasteiger partial charge in [-0.1, -0.05) is 29.8 Å². The average Bonchev–Trinajstić information content (AvgIpc) is 3.41. The Labute approximate surface area is 217 Å². The van der Waals surface area contributed by atoms with Gasteiger partial charge in [0.2, 0.25) is 0 Å². The number of halogens is 1. The van der Waals surface area contributed by atoms with Crippen molar-refractivity contribution in [2.24, 2.45) is 0 Å². The molecule has 11 nitrogen and oxygen atoms in total. The van der Waals surface area contributed by atoms with Gasteiger partial charge in [-0.3, -0.25) is 4.57 Å². The third kappa shape index (κ3) is 4.49. The summed E-state index contributed by atoms with van der Waals surface area (Å²) in [6, 6.07) is 8.72. The minimum Gasteiger partial charge on any atom is -0.451 e. The van der Waals surface area contributed by atoms with E-state index in [-0.39, 0.29) is 11.8 Å². The number of carbonyl (C=O) groups is 1. The molecule has 5 heterocycles. The number of ether oxygens (including phenoxy) is 6. The van der Waals surface area contributed by atoms with Crippen molar-refractivity contribution in [2.45, 2.75) is 76.0 Å². The summed E-state index contributed by atoms with van der Waals surface area (Å²) in [4.78, 5) is 26.1. The van der Waals surface area contributed by atoms with Crippen molar-refractivity contribution in [1.82, 2.24) is 19.5 Å². The number of benzene rings is 1. The molecule has 0 spiro atoms. The van der Waals surface area contributed by atoms with Crippen molar-refractivity contribution >= 4 is 28.7 Å². The molecule has 1 aromatic carbocycles. The first-order valence-corrected chi connectivity index (χ1v) is 12.4. The predicted octanol–water partition coefficient (Wildman–Crippen LogP) is 3.27. The second-order valence-electron chi connectivity index (χ2n) is 10.1. The van der Waals surface area contributed by atoms with Crippen LogP contribution in [0.5, 0.6) is 0 Å². The Morgan fingerprint density at radius 3 is 2.51 bits per heavy atom. The molecule has 6 rings (SSSR count). The van der Waals surface area contributed by atoms with Crippen molar-refractivity contribution in [1.29, 1.82) is 0 Å². The molecule has 0 aliphatic carbocycles. The number of carbonyl (C=O) groups excluding carboxylic acids is 1. The van der Waals surface area contributed by atoms with E-state index in [0.717, 1.165) is 0 Å². The van der Waals surface area contributed by atoms with Gasteiger partial charge >= 0.3 is 5.97 Å². The van der Waals surface area contributed by atoms with Gasteiger partial charge in [-0.2, -0.15) is 0 Å². The maximum absolute atomic E-state index is 13.3. The van der Waals surface area contributed by atoms with Crippen LogP contribution in [0.2, 0.25) is 5.15 Å². The second kappa shape index (κ2) is 8.97. The first-order valence-electron chi connectivity index (χ1n) is 12.0. The van der Waals surface area contributed by atoms with Gasteiger partial charge in [-0.25, -0.2) is 19.7 Å². The standard InChI is InChI=1S/C25H27ClN4O7/c1-24(2)32-10-14-16(35-24)17-18(37-25(3,4)36-17)19(34-23(31)13-8-6-5-7-9-13)22(33-14)30-12-29-15-20(26)27-11-28-21(15)30/h5-9,11-12,14,16-19,22H,10H2,1-4H3/t14?,16-,17-,18?,19?,22+/m0/s1. The fraction of sp³-hybridized carbons (Fsp3) is 0.520. The normalized spacial score (nSPS) is 32.4. The van der Waals surface area contributed by atoms with Crippen LogP contribution in [-0.4, -0.2) is 74.2 Å². The SMILES string of the molecule is CC1(C)OC2C(OC(=O)c3ccccc3)[C@H](n3cnc4c(Cl)ncnc43)OC3COC(C)(C)O[C@@H]3[C@@H]2O1. The summed E-state index contributed by atoms with van der Waals surface area (Å²) in [5.41, 5.74) is 1.19. The summed E-state index contributed by atoms with van der Waals surface area (Å²) >= 11 is 6.27. The van der Waals surface area contributed by atoms with Crippen LogP contribution in [0.3, 0.4) is 0 Å². The van der Waals surface area contributed by atoms with Crippen molar-refractivity contribution in [2.75, 3.05) is 6.61 Å². The third-order valence-corrected chi connectivity index (χ3v) is 6.91. The zero-order valence-electron chi connectivity index (χ0n) is 20.7. The average molecular weight is 531 g/mol. The molecule has 3 unspecified atom stereocenters. The molecule has 2 aromatic heterocycles. The van der Waals surface area contributed by atoms with E-state index in [1.165, 1.54) is 12.7 Å². The Balaban J connectivity index is 1.47. The van der Waals surface area contributed by atoms with Gasteiger partial charge in [0.25, 0.3) is 0 Å². The number of esters is 1. The summed E-state index contributed by atoms with van der Waals surface area (Å²) in [6.45, 7) is 7.51. The highest BCUT2D eigenvalue weighted by Gasteiger charge is 2.60. The molecular formula is C25H27ClN4O7. The van der Waals surface area contributed by atoms with E-state index in [1.54, 1.807) is 28.8 Å². The van der Waals surface area contributed by atoms with Crippen LogP contribution in [0.15, 0.2) is 43.0 Å². The highest BCUT2D eigenvalue weighted by molar-refractivity contribution is 6.33. The third-order valence-electron chi connectivity index (χ3n) is 6.63. The van der Waals surface area contributed by atoms with Gasteiger partial charge in [0.1, 0.15) is 36.3 Å². The molecule has 0 saturated carbocycles. The molecule has 12 heteroatoms. The summed E-state index contributed by atoms with van der Waals surface area (Å²) in [6.07, 6.45) is -1.51. The van der Waals surface area contributed by atoms with Crippen molar-refractivity contribution < 1.29 is 33.2 Å². The summed E-state index contributed by atoms with van der Waals surface area (Å²) in [5.74, 6) is -2.37. The van der Waals surface area contributed by atoms with E-state index >= 15 is 0 Å². The van der Waals surface area contributed by atoms with Gasteiger partial charge in [0.05, 0.1) is 18.5 Å². The minimum atomic E-state index is -0.970. The Hall–Kier alpha value is -2.67. The Kier molecular flexibility index (Phi) is 5.98. The molecule has 0 radical (unpaired) electrons. The molecule has 37 heavy (non-hydrogen) atoms. The largest absolute Gasteiger partial charge is 0.451 e. The fourth-order valence-electron chi connectivity index (χ4n) is 5.08. The lowest BCUT2D eigenvalue weighted by atomic mass is 9.99. The molecular weight excluding hydrogens is 504 g/mol. The first kappa shape index (κ1) is 24.7. The predicted molar refractivity (Wildman–Crippen MR) is 129 cm³/mol. The number of imidazole rings is 1. The van der Waals surface area contributed by atoms with Crippen LogP contribution in [-0.2, 0) is 28.4 Å². The zero-order valence-corrected chi connectivity index (χ0v) is 21.5. The number of rotatable bonds is 3. The van der Waals surface area contributed by atoms with Crippen LogP contribution in [0, 0.1) is 0 Å². The van der Waals surface area contributed by atoms with E-state index in [4.69, 9.17) is 40.0 Å². The van der Waals surface area contributed by atoms with E-state index in [2.05, 4.69) is 15.0 Å². The first-order chi connectivity index (χ1) is 17.6. The Bertz CT molecular complexity index is 1320. The maximum Gasteiger partial charge on any atom is 0.338 e. The molecule has 3 fully saturated rings. The molecule has 6 atom stereocenters. The topological polar surface area (TPSA) is 116 Å². The molecule has 196 valence electrons. The monoisotopic (exact) mass is 530 g/mol. The molecule has 3 aromatic rings. The van der Waals surface area contributed by atoms with Crippen LogP contribution in [0.4, 0.5) is 0 Å². The van der Waals surface area contributed by atoms with Crippen LogP contribution in [0.25, 0.3) is 11.2 Å². The maximum atomic E-state index is 13.3. The second-order valence-corrected chi connectivity index (χ2v) is 10.5. The molecule has 3 aliphatic rings. The zero-order chi connectivity index (χ0) is 25.9. The fourth-order valence-corrected chi connectivity index (χ4v) is 5.26. The van der Waals surface area contributed by atoms with Gasteiger partial charge in [-0.05, 0) is 39.8 Å². The smallest absolute Gasteiger partial charge is 0.338 e. The lowest BCUT2D eigenvalue weighted by Crippen LogP contribution is -2.55. The quantitative estimate of drug-likeness (QED) is 0.369. The van der Waals surface area contributed by atoms with Crippen molar-refractivity contribution in [3.05, 3.63) is 53.7 Å². The van der Waals surface area contributed by atoms with Gasteiger partial charge in [-0.15, -0.1) is 0 Å². The molecule has 3 aliphatic heterocycles. The van der Waals surface area contributed by atoms with Crippen LogP contribution >= 0.6 is 11.6 Å². The Morgan fingerprint density at radius 2 is 1.73 bits per heavy atom. The van der Waals surface area contributed by atoms with E-state index in [1.807, 2.05) is 33.8 Å². The highest BCUT2D eigenvalue weighted by Crippen LogP contribution is 2.44. The van der Waals surface area contributed by atoms with Crippen molar-refractivity contribution in [3.8, 4) is 0 Å². The van der Waals surface area contributed by atoms with Crippen LogP contribution < -0.4 is 0 Å². The molecule has 0 amide bonds. The molecule has 0 bridgehead atoms. The Morgan fingerprint density at radius 1 is 1.00 bits per heavy atom. The summed E-state index contributed by atoms with van der Waals surface area (Å²) in [5, 5.41) is 0.193. The van der Waals surface area contributed by atoms with E-state index in [9.17, 15) is 4.79 Å². The highest BCUT2D eigenvalue weighted by atomic mass is 35.5. The van der Waals surface area contributed by atoms with Gasteiger partial charge < -0.3 is 28.4 Å². The summed E-state index contributed by atoms with van der Waals surface area (Å²) in [7, 11) is 0. The van der Waals surface area contributed by atoms with Crippen LogP contribution in [0.1, 0.15) is 44.3 Å². The number of aromatic nitrogens is 4. The van der Waals surface area contributed by atoms with E-state index < -0.39 is 54.3 Å². The molecule has 0 N–H and O–H groups in total. The van der Waals surface area contributed by atoms with Gasteiger partial charge in [0.15, 0.2) is 34.7 Å². The van der Waals surface area contributed by atoms with Gasteiger partial charge in [0, 0.05) is 0 Å². The number of hydrogen-bond acceptors (Lipinski definition) is 10. The minimum absolute atomic E-state index is 0.193. The number of hydrogen-bond donors (Lipinski definition) is 0. The number of nitrogens with zero attached hydrogens (tertiary/aromatic N) is 4. The van der Waals surface area contributed by atoms with E-state index in [0.29, 0.717) is 16.7 Å². The summed E-state index contributed by atoms with van der Waals surface area (Å²) < 4.78 is 39.3. The molecule has 3 saturated heterocycles.